The summed E-state index contributed by atoms with van der Waals surface area (Å²) in [4.78, 5) is 3.04. The van der Waals surface area contributed by atoms with Crippen molar-refractivity contribution >= 4 is 23.6 Å². The Morgan fingerprint density at radius 2 is 2.04 bits per heavy atom. The molecule has 0 bridgehead atoms. The average Bonchev–Trinajstić information content (AvgIpc) is 3.29. The van der Waals surface area contributed by atoms with Gasteiger partial charge in [0.1, 0.15) is 11.8 Å². The van der Waals surface area contributed by atoms with Crippen LogP contribution in [0.15, 0.2) is 35.7 Å². The van der Waals surface area contributed by atoms with E-state index >= 15 is 0 Å². The van der Waals surface area contributed by atoms with E-state index < -0.39 is 0 Å². The van der Waals surface area contributed by atoms with Crippen LogP contribution in [0, 0.1) is 4.77 Å². The van der Waals surface area contributed by atoms with Gasteiger partial charge < -0.3 is 9.64 Å². The first kappa shape index (κ1) is 19.4. The van der Waals surface area contributed by atoms with Crippen molar-refractivity contribution in [1.29, 1.82) is 0 Å². The van der Waals surface area contributed by atoms with Crippen LogP contribution in [-0.2, 0) is 13.1 Å². The van der Waals surface area contributed by atoms with Gasteiger partial charge in [0.15, 0.2) is 12.5 Å². The number of methoxy groups -OCH3 is 1. The Bertz CT molecular complexity index is 1020. The number of nitrogens with zero attached hydrogens (tertiary/aromatic N) is 3. The predicted octanol–water partition coefficient (Wildman–Crippen LogP) is 3.89. The zero-order valence-corrected chi connectivity index (χ0v) is 18.4. The number of benzene rings is 1. The van der Waals surface area contributed by atoms with Gasteiger partial charge in [-0.15, -0.1) is 16.4 Å². The first-order valence-electron chi connectivity index (χ1n) is 9.74. The van der Waals surface area contributed by atoms with E-state index in [-0.39, 0.29) is 6.04 Å². The lowest BCUT2D eigenvalue weighted by Gasteiger charge is -2.30. The monoisotopic (exact) mass is 415 g/mol. The third kappa shape index (κ3) is 3.43. The van der Waals surface area contributed by atoms with E-state index in [2.05, 4.69) is 36.8 Å². The fourth-order valence-corrected chi connectivity index (χ4v) is 5.37. The molecule has 148 valence electrons. The molecule has 1 aromatic carbocycles. The van der Waals surface area contributed by atoms with Gasteiger partial charge in [-0.25, -0.2) is 0 Å². The highest BCUT2D eigenvalue weighted by Gasteiger charge is 2.29. The molecule has 0 saturated heterocycles. The lowest BCUT2D eigenvalue weighted by Crippen LogP contribution is -3.12. The Labute approximate surface area is 175 Å². The maximum absolute atomic E-state index is 5.83. The van der Waals surface area contributed by atoms with E-state index in [1.165, 1.54) is 15.3 Å². The number of aromatic nitrogens is 3. The zero-order chi connectivity index (χ0) is 19.8. The average molecular weight is 416 g/mol. The summed E-state index contributed by atoms with van der Waals surface area (Å²) in [6.45, 7) is 8.53. The quantitative estimate of drug-likeness (QED) is 0.642. The molecule has 1 aliphatic heterocycles. The Kier molecular flexibility index (Phi) is 5.40. The van der Waals surface area contributed by atoms with Crippen LogP contribution in [0.25, 0.3) is 11.4 Å². The van der Waals surface area contributed by atoms with Gasteiger partial charge in [0, 0.05) is 28.5 Å². The van der Waals surface area contributed by atoms with Crippen molar-refractivity contribution in [2.24, 2.45) is 0 Å². The summed E-state index contributed by atoms with van der Waals surface area (Å²) in [6.07, 6.45) is 1.14. The van der Waals surface area contributed by atoms with Crippen LogP contribution in [0.2, 0.25) is 0 Å². The van der Waals surface area contributed by atoms with Gasteiger partial charge in [0.05, 0.1) is 13.7 Å². The minimum absolute atomic E-state index is 0.246. The Morgan fingerprint density at radius 1 is 1.29 bits per heavy atom. The molecular weight excluding hydrogens is 388 g/mol. The van der Waals surface area contributed by atoms with Gasteiger partial charge in [-0.05, 0) is 68.7 Å². The molecule has 28 heavy (non-hydrogen) atoms. The van der Waals surface area contributed by atoms with Gasteiger partial charge in [-0.3, -0.25) is 4.57 Å². The second-order valence-corrected chi connectivity index (χ2v) is 9.00. The second kappa shape index (κ2) is 7.81. The van der Waals surface area contributed by atoms with Crippen molar-refractivity contribution in [3.8, 4) is 17.1 Å². The Hall–Kier alpha value is -1.96. The van der Waals surface area contributed by atoms with Crippen LogP contribution in [0.5, 0.6) is 5.75 Å². The summed E-state index contributed by atoms with van der Waals surface area (Å²) in [5.41, 5.74) is 2.54. The number of thiophene rings is 1. The third-order valence-corrected chi connectivity index (χ3v) is 7.02. The van der Waals surface area contributed by atoms with Crippen molar-refractivity contribution in [2.45, 2.75) is 45.9 Å². The van der Waals surface area contributed by atoms with Gasteiger partial charge in [-0.2, -0.15) is 4.68 Å². The smallest absolute Gasteiger partial charge is 0.203 e. The predicted molar refractivity (Wildman–Crippen MR) is 116 cm³/mol. The maximum Gasteiger partial charge on any atom is 0.203 e. The molecule has 1 unspecified atom stereocenters. The molecule has 0 saturated carbocycles. The number of fused-ring (bicyclic) bond motifs is 1. The van der Waals surface area contributed by atoms with E-state index in [9.17, 15) is 0 Å². The van der Waals surface area contributed by atoms with E-state index in [4.69, 9.17) is 22.1 Å². The molecule has 0 radical (unpaired) electrons. The lowest BCUT2D eigenvalue weighted by molar-refractivity contribution is -0.954. The minimum atomic E-state index is 0.246. The summed E-state index contributed by atoms with van der Waals surface area (Å²) >= 11 is 7.71. The van der Waals surface area contributed by atoms with E-state index in [0.717, 1.165) is 41.5 Å². The molecule has 0 aliphatic carbocycles. The standard InChI is InChI=1S/C21H26N4OS2/c1-14(2)25-20(16-5-7-17(26-4)8-6-16)22-24(21(25)27)13-23-11-9-19-18(15(23)3)10-12-28-19/h5-8,10,12,14-15H,9,11,13H2,1-4H3/p+1/t15-/m1/s1. The van der Waals surface area contributed by atoms with Crippen molar-refractivity contribution in [2.75, 3.05) is 13.7 Å². The molecule has 7 heteroatoms. The van der Waals surface area contributed by atoms with Gasteiger partial charge in [-0.1, -0.05) is 0 Å². The molecular formula is C21H27N4OS2+. The molecule has 0 spiro atoms. The summed E-state index contributed by atoms with van der Waals surface area (Å²) in [5, 5.41) is 7.16. The highest BCUT2D eigenvalue weighted by atomic mass is 32.1. The summed E-state index contributed by atoms with van der Waals surface area (Å²) in [5.74, 6) is 1.76. The molecule has 0 fully saturated rings. The summed E-state index contributed by atoms with van der Waals surface area (Å²) < 4.78 is 10.2. The van der Waals surface area contributed by atoms with Gasteiger partial charge in [0.2, 0.25) is 4.77 Å². The third-order valence-electron chi connectivity index (χ3n) is 5.62. The number of ether oxygens (including phenoxy) is 1. The molecule has 0 amide bonds. The molecule has 3 aromatic rings. The molecule has 3 heterocycles. The Balaban J connectivity index is 1.67. The largest absolute Gasteiger partial charge is 0.497 e. The molecule has 1 aliphatic rings. The number of hydrogen-bond acceptors (Lipinski definition) is 4. The summed E-state index contributed by atoms with van der Waals surface area (Å²) in [6, 6.07) is 11.0. The normalized spacial score (nSPS) is 19.0. The van der Waals surface area contributed by atoms with Crippen LogP contribution >= 0.6 is 23.6 Å². The lowest BCUT2D eigenvalue weighted by atomic mass is 10.0. The van der Waals surface area contributed by atoms with Crippen molar-refractivity contribution in [3.63, 3.8) is 0 Å². The first-order chi connectivity index (χ1) is 13.5. The SMILES string of the molecule is COc1ccc(-c2nn(C[NH+]3CCc4sccc4[C@H]3C)c(=S)n2C(C)C)cc1. The Morgan fingerprint density at radius 3 is 2.71 bits per heavy atom. The maximum atomic E-state index is 5.83. The highest BCUT2D eigenvalue weighted by molar-refractivity contribution is 7.71. The van der Waals surface area contributed by atoms with E-state index in [0.29, 0.717) is 6.04 Å². The molecule has 1 N–H and O–H groups in total. The summed E-state index contributed by atoms with van der Waals surface area (Å²) in [7, 11) is 1.68. The van der Waals surface area contributed by atoms with Crippen LogP contribution < -0.4 is 9.64 Å². The zero-order valence-electron chi connectivity index (χ0n) is 16.8. The fourth-order valence-electron chi connectivity index (χ4n) is 3.98. The molecule has 2 aromatic heterocycles. The van der Waals surface area contributed by atoms with Crippen LogP contribution in [0.1, 0.15) is 43.3 Å². The number of nitrogens with one attached hydrogen (secondary N) is 1. The van der Waals surface area contributed by atoms with Crippen molar-refractivity contribution < 1.29 is 9.64 Å². The van der Waals surface area contributed by atoms with Crippen LogP contribution in [0.4, 0.5) is 0 Å². The van der Waals surface area contributed by atoms with Crippen LogP contribution in [0.3, 0.4) is 0 Å². The van der Waals surface area contributed by atoms with Crippen molar-refractivity contribution in [1.82, 2.24) is 14.3 Å². The second-order valence-electron chi connectivity index (χ2n) is 7.64. The van der Waals surface area contributed by atoms with E-state index in [1.54, 1.807) is 7.11 Å². The fraction of sp³-hybridized carbons (Fsp3) is 0.429. The topological polar surface area (TPSA) is 36.4 Å². The molecule has 2 atom stereocenters. The number of hydrogen-bond donors (Lipinski definition) is 1. The van der Waals surface area contributed by atoms with E-state index in [1.807, 2.05) is 40.3 Å². The first-order valence-corrected chi connectivity index (χ1v) is 11.0. The van der Waals surface area contributed by atoms with Gasteiger partial charge >= 0.3 is 0 Å². The number of rotatable bonds is 5. The minimum Gasteiger partial charge on any atom is -0.497 e. The van der Waals surface area contributed by atoms with Crippen molar-refractivity contribution in [3.05, 3.63) is 50.9 Å². The van der Waals surface area contributed by atoms with Gasteiger partial charge in [0.25, 0.3) is 0 Å². The number of quaternary nitrogens is 1. The van der Waals surface area contributed by atoms with Crippen LogP contribution in [-0.4, -0.2) is 28.0 Å². The molecule has 5 nitrogen and oxygen atoms in total. The molecule has 4 rings (SSSR count). The highest BCUT2D eigenvalue weighted by Crippen LogP contribution is 2.26.